The minimum atomic E-state index is -0.979. The van der Waals surface area contributed by atoms with Gasteiger partial charge in [-0.15, -0.1) is 0 Å². The van der Waals surface area contributed by atoms with Crippen LogP contribution >= 0.6 is 21.6 Å². The van der Waals surface area contributed by atoms with Crippen molar-refractivity contribution in [1.29, 1.82) is 0 Å². The van der Waals surface area contributed by atoms with Gasteiger partial charge in [-0.05, 0) is 98.7 Å². The zero-order valence-corrected chi connectivity index (χ0v) is 27.0. The topological polar surface area (TPSA) is 158 Å². The molecule has 1 aliphatic heterocycles. The molecule has 44 heavy (non-hydrogen) atoms. The van der Waals surface area contributed by atoms with Crippen LogP contribution in [0.15, 0.2) is 24.3 Å². The lowest BCUT2D eigenvalue weighted by Gasteiger charge is -2.30. The first-order valence-corrected chi connectivity index (χ1v) is 17.6. The largest absolute Gasteiger partial charge is 0.504 e. The van der Waals surface area contributed by atoms with Crippen LogP contribution in [0.2, 0.25) is 0 Å². The normalized spacial score (nSPS) is 25.4. The lowest BCUT2D eigenvalue weighted by molar-refractivity contribution is -0.0808. The minimum Gasteiger partial charge on any atom is -0.504 e. The maximum Gasteiger partial charge on any atom is 0.200 e. The second-order valence-corrected chi connectivity index (χ2v) is 14.1. The average molecular weight is 655 g/mol. The Morgan fingerprint density at radius 1 is 0.864 bits per heavy atom. The molecule has 0 spiro atoms. The van der Waals surface area contributed by atoms with E-state index in [0.29, 0.717) is 30.6 Å². The number of aryl methyl sites for hydroxylation is 1. The fraction of sp³-hybridized carbons (Fsp3) is 0.625. The van der Waals surface area contributed by atoms with E-state index in [-0.39, 0.29) is 59.6 Å². The van der Waals surface area contributed by atoms with Gasteiger partial charge in [0, 0.05) is 23.5 Å². The molecule has 1 aliphatic carbocycles. The molecule has 4 rings (SSSR count). The molecule has 1 heterocycles. The fourth-order valence-corrected chi connectivity index (χ4v) is 9.01. The van der Waals surface area contributed by atoms with Crippen molar-refractivity contribution >= 4 is 21.6 Å². The summed E-state index contributed by atoms with van der Waals surface area (Å²) in [7, 11) is 5.84. The third-order valence-corrected chi connectivity index (χ3v) is 11.4. The second-order valence-electron chi connectivity index (χ2n) is 11.5. The summed E-state index contributed by atoms with van der Waals surface area (Å²) in [6.07, 6.45) is 3.63. The molecule has 0 amide bonds. The second kappa shape index (κ2) is 17.0. The molecular formula is C32H46O10S2. The number of aromatic hydroxyl groups is 2. The minimum absolute atomic E-state index is 0.0522. The maximum absolute atomic E-state index is 11.5. The van der Waals surface area contributed by atoms with Gasteiger partial charge >= 0.3 is 0 Å². The molecule has 1 saturated carbocycles. The molecule has 1 fully saturated rings. The van der Waals surface area contributed by atoms with E-state index < -0.39 is 31.0 Å². The summed E-state index contributed by atoms with van der Waals surface area (Å²) in [5.74, 6) is 0.502. The van der Waals surface area contributed by atoms with Crippen molar-refractivity contribution in [2.24, 2.45) is 5.92 Å². The first-order chi connectivity index (χ1) is 21.3. The van der Waals surface area contributed by atoms with Gasteiger partial charge in [-0.25, -0.2) is 0 Å². The van der Waals surface area contributed by atoms with Crippen LogP contribution in [0.1, 0.15) is 66.9 Å². The van der Waals surface area contributed by atoms with Crippen molar-refractivity contribution in [3.8, 4) is 28.7 Å². The fourth-order valence-electron chi connectivity index (χ4n) is 6.11. The van der Waals surface area contributed by atoms with Crippen molar-refractivity contribution in [3.63, 3.8) is 0 Å². The first-order valence-electron chi connectivity index (χ1n) is 15.2. The average Bonchev–Trinajstić information content (AvgIpc) is 3.52. The van der Waals surface area contributed by atoms with E-state index in [1.54, 1.807) is 18.2 Å². The molecule has 0 aromatic heterocycles. The number of aliphatic hydroxyl groups is 4. The summed E-state index contributed by atoms with van der Waals surface area (Å²) in [6.45, 7) is -0.572. The predicted molar refractivity (Wildman–Crippen MR) is 171 cm³/mol. The van der Waals surface area contributed by atoms with Crippen molar-refractivity contribution in [2.75, 3.05) is 33.4 Å². The molecule has 2 aromatic rings. The highest BCUT2D eigenvalue weighted by atomic mass is 33.1. The number of hydrogen-bond acceptors (Lipinski definition) is 12. The van der Waals surface area contributed by atoms with Crippen molar-refractivity contribution in [2.45, 2.75) is 87.5 Å². The Kier molecular flexibility index (Phi) is 13.5. The Morgan fingerprint density at radius 2 is 1.57 bits per heavy atom. The lowest BCUT2D eigenvalue weighted by Crippen LogP contribution is -2.38. The number of hydrogen-bond donors (Lipinski definition) is 6. The SMILES string of the molecule is COc1cc(C[C@H]2[C@H](O)C[C@@H](OCO)CCc3cc(OC4CCCC4)c(O)cc3[C@H](CCO)SSC[C@@H]2O)cc(OC)c1O. The Balaban J connectivity index is 1.64. The number of methoxy groups -OCH3 is 2. The van der Waals surface area contributed by atoms with Gasteiger partial charge in [0.15, 0.2) is 23.0 Å². The van der Waals surface area contributed by atoms with Gasteiger partial charge in [-0.2, -0.15) is 0 Å². The molecule has 5 atom stereocenters. The summed E-state index contributed by atoms with van der Waals surface area (Å²) in [4.78, 5) is 0. The van der Waals surface area contributed by atoms with E-state index in [9.17, 15) is 30.6 Å². The number of fused-ring (bicyclic) bond motifs is 1. The summed E-state index contributed by atoms with van der Waals surface area (Å²) in [6, 6.07) is 6.93. The quantitative estimate of drug-likeness (QED) is 0.158. The van der Waals surface area contributed by atoms with Crippen LogP contribution < -0.4 is 14.2 Å². The van der Waals surface area contributed by atoms with Crippen molar-refractivity contribution in [1.82, 2.24) is 0 Å². The van der Waals surface area contributed by atoms with Crippen LogP contribution in [-0.4, -0.2) is 88.4 Å². The van der Waals surface area contributed by atoms with Crippen LogP contribution in [-0.2, 0) is 17.6 Å². The van der Waals surface area contributed by atoms with Crippen molar-refractivity contribution in [3.05, 3.63) is 41.0 Å². The van der Waals surface area contributed by atoms with Crippen LogP contribution in [0.3, 0.4) is 0 Å². The number of aliphatic hydroxyl groups excluding tert-OH is 4. The van der Waals surface area contributed by atoms with E-state index >= 15 is 0 Å². The highest BCUT2D eigenvalue weighted by molar-refractivity contribution is 8.76. The highest BCUT2D eigenvalue weighted by Crippen LogP contribution is 2.46. The molecule has 0 saturated heterocycles. The molecule has 246 valence electrons. The smallest absolute Gasteiger partial charge is 0.200 e. The molecule has 0 bridgehead atoms. The molecule has 2 aromatic carbocycles. The summed E-state index contributed by atoms with van der Waals surface area (Å²) in [5.41, 5.74) is 2.53. The zero-order valence-electron chi connectivity index (χ0n) is 25.4. The van der Waals surface area contributed by atoms with Gasteiger partial charge in [0.2, 0.25) is 5.75 Å². The van der Waals surface area contributed by atoms with Crippen LogP contribution in [0.4, 0.5) is 0 Å². The Labute approximate surface area is 267 Å². The third kappa shape index (κ3) is 9.02. The van der Waals surface area contributed by atoms with Gasteiger partial charge in [-0.1, -0.05) is 21.6 Å². The summed E-state index contributed by atoms with van der Waals surface area (Å²) >= 11 is 0. The van der Waals surface area contributed by atoms with Gasteiger partial charge in [0.05, 0.1) is 38.6 Å². The zero-order chi connectivity index (χ0) is 31.6. The molecule has 12 heteroatoms. The molecular weight excluding hydrogens is 608 g/mol. The Bertz CT molecular complexity index is 1170. The van der Waals surface area contributed by atoms with Crippen molar-refractivity contribution < 1.29 is 49.6 Å². The van der Waals surface area contributed by atoms with Gasteiger partial charge in [-0.3, -0.25) is 0 Å². The van der Waals surface area contributed by atoms with Crippen LogP contribution in [0, 0.1) is 5.92 Å². The molecule has 0 unspecified atom stereocenters. The van der Waals surface area contributed by atoms with Crippen LogP contribution in [0.25, 0.3) is 0 Å². The number of benzene rings is 2. The number of phenols is 2. The number of rotatable bonds is 10. The molecule has 6 N–H and O–H groups in total. The molecule has 10 nitrogen and oxygen atoms in total. The predicted octanol–water partition coefficient (Wildman–Crippen LogP) is 4.49. The van der Waals surface area contributed by atoms with Gasteiger partial charge < -0.3 is 49.6 Å². The summed E-state index contributed by atoms with van der Waals surface area (Å²) in [5, 5.41) is 63.7. The first kappa shape index (κ1) is 34.8. The third-order valence-electron chi connectivity index (χ3n) is 8.53. The van der Waals surface area contributed by atoms with E-state index in [1.807, 2.05) is 6.07 Å². The van der Waals surface area contributed by atoms with Crippen LogP contribution in [0.5, 0.6) is 28.7 Å². The van der Waals surface area contributed by atoms with Gasteiger partial charge in [0.1, 0.15) is 6.79 Å². The van der Waals surface area contributed by atoms with E-state index in [1.165, 1.54) is 35.8 Å². The van der Waals surface area contributed by atoms with E-state index in [4.69, 9.17) is 18.9 Å². The Morgan fingerprint density at radius 3 is 2.20 bits per heavy atom. The Hall–Kier alpha value is -2.06. The maximum atomic E-state index is 11.5. The number of phenolic OH excluding ortho intramolecular Hbond substituents is 2. The monoisotopic (exact) mass is 654 g/mol. The van der Waals surface area contributed by atoms with E-state index in [2.05, 4.69) is 0 Å². The van der Waals surface area contributed by atoms with Gasteiger partial charge in [0.25, 0.3) is 0 Å². The standard InChI is InChI=1S/C32H46O10S2/c1-39-29-12-19(13-30(40-2)32(29)38)11-24-25(35)15-22(41-18-34)8-7-20-14-28(42-21-5-3-4-6-21)26(36)16-23(20)31(9-10-33)44-43-17-27(24)37/h12-14,16,21-22,24-25,27,31,33-38H,3-11,15,17-18H2,1-2H3/t22-,24-,25+,27-,31-/m0/s1. The number of ether oxygens (including phenoxy) is 4. The highest BCUT2D eigenvalue weighted by Gasteiger charge is 2.32. The lowest BCUT2D eigenvalue weighted by atomic mass is 9.85. The summed E-state index contributed by atoms with van der Waals surface area (Å²) < 4.78 is 22.5. The molecule has 0 radical (unpaired) electrons. The van der Waals surface area contributed by atoms with E-state index in [0.717, 1.165) is 36.8 Å². The molecule has 2 aliphatic rings.